The molecule has 0 spiro atoms. The summed E-state index contributed by atoms with van der Waals surface area (Å²) in [4.78, 5) is 0. The fourth-order valence-electron chi connectivity index (χ4n) is 2.35. The van der Waals surface area contributed by atoms with E-state index < -0.39 is 0 Å². The molecule has 0 amide bonds. The third-order valence-corrected chi connectivity index (χ3v) is 3.37. The van der Waals surface area contributed by atoms with Gasteiger partial charge in [0.15, 0.2) is 0 Å². The van der Waals surface area contributed by atoms with Gasteiger partial charge < -0.3 is 10.5 Å². The van der Waals surface area contributed by atoms with Gasteiger partial charge in [0.25, 0.3) is 0 Å². The molecule has 3 unspecified atom stereocenters. The zero-order valence-electron chi connectivity index (χ0n) is 10.4. The third-order valence-electron chi connectivity index (χ3n) is 3.37. The van der Waals surface area contributed by atoms with E-state index in [1.165, 1.54) is 44.9 Å². The topological polar surface area (TPSA) is 35.2 Å². The quantitative estimate of drug-likeness (QED) is 0.659. The molecule has 1 fully saturated rings. The Kier molecular flexibility index (Phi) is 6.26. The van der Waals surface area contributed by atoms with Gasteiger partial charge in [0, 0.05) is 6.04 Å². The van der Waals surface area contributed by atoms with Crippen LogP contribution in [0.4, 0.5) is 0 Å². The SMILES string of the molecule is CCCCCCC(C)OC1CCCC1N. The molecule has 1 aliphatic carbocycles. The maximum absolute atomic E-state index is 5.98. The van der Waals surface area contributed by atoms with E-state index in [9.17, 15) is 0 Å². The molecular weight excluding hydrogens is 186 g/mol. The number of hydrogen-bond acceptors (Lipinski definition) is 2. The van der Waals surface area contributed by atoms with E-state index in [4.69, 9.17) is 10.5 Å². The second kappa shape index (κ2) is 7.24. The Balaban J connectivity index is 2.04. The molecule has 0 aliphatic heterocycles. The molecule has 1 aliphatic rings. The molecule has 0 aromatic heterocycles. The summed E-state index contributed by atoms with van der Waals surface area (Å²) < 4.78 is 5.98. The van der Waals surface area contributed by atoms with E-state index in [1.807, 2.05) is 0 Å². The summed E-state index contributed by atoms with van der Waals surface area (Å²) in [6, 6.07) is 0.295. The molecule has 0 aromatic carbocycles. The van der Waals surface area contributed by atoms with Gasteiger partial charge in [0.2, 0.25) is 0 Å². The zero-order valence-corrected chi connectivity index (χ0v) is 10.4. The third kappa shape index (κ3) is 4.98. The van der Waals surface area contributed by atoms with Crippen LogP contribution in [-0.2, 0) is 4.74 Å². The summed E-state index contributed by atoms with van der Waals surface area (Å²) >= 11 is 0. The van der Waals surface area contributed by atoms with Crippen molar-refractivity contribution in [3.05, 3.63) is 0 Å². The minimum Gasteiger partial charge on any atom is -0.374 e. The average molecular weight is 213 g/mol. The van der Waals surface area contributed by atoms with E-state index in [0.29, 0.717) is 18.2 Å². The van der Waals surface area contributed by atoms with E-state index in [1.54, 1.807) is 0 Å². The molecular formula is C13H27NO. The second-order valence-electron chi connectivity index (χ2n) is 4.93. The van der Waals surface area contributed by atoms with Crippen molar-refractivity contribution in [2.24, 2.45) is 5.73 Å². The van der Waals surface area contributed by atoms with Gasteiger partial charge in [-0.05, 0) is 32.6 Å². The molecule has 15 heavy (non-hydrogen) atoms. The minimum absolute atomic E-state index is 0.295. The fourth-order valence-corrected chi connectivity index (χ4v) is 2.35. The fraction of sp³-hybridized carbons (Fsp3) is 1.00. The van der Waals surface area contributed by atoms with Crippen LogP contribution < -0.4 is 5.73 Å². The normalized spacial score (nSPS) is 28.2. The van der Waals surface area contributed by atoms with Crippen LogP contribution in [0.25, 0.3) is 0 Å². The first kappa shape index (κ1) is 13.0. The highest BCUT2D eigenvalue weighted by atomic mass is 16.5. The molecule has 0 radical (unpaired) electrons. The highest BCUT2D eigenvalue weighted by molar-refractivity contribution is 4.81. The van der Waals surface area contributed by atoms with Gasteiger partial charge in [-0.1, -0.05) is 32.6 Å². The van der Waals surface area contributed by atoms with Crippen molar-refractivity contribution in [2.75, 3.05) is 0 Å². The Hall–Kier alpha value is -0.0800. The van der Waals surface area contributed by atoms with Crippen molar-refractivity contribution >= 4 is 0 Å². The lowest BCUT2D eigenvalue weighted by atomic mass is 10.1. The molecule has 90 valence electrons. The number of nitrogens with two attached hydrogens (primary N) is 1. The van der Waals surface area contributed by atoms with Gasteiger partial charge >= 0.3 is 0 Å². The Morgan fingerprint density at radius 1 is 1.27 bits per heavy atom. The summed E-state index contributed by atoms with van der Waals surface area (Å²) in [5.41, 5.74) is 5.98. The van der Waals surface area contributed by atoms with E-state index in [2.05, 4.69) is 13.8 Å². The van der Waals surface area contributed by atoms with Crippen LogP contribution in [0.2, 0.25) is 0 Å². The van der Waals surface area contributed by atoms with Crippen LogP contribution >= 0.6 is 0 Å². The molecule has 0 heterocycles. The molecule has 0 aromatic rings. The predicted molar refractivity (Wildman–Crippen MR) is 64.9 cm³/mol. The van der Waals surface area contributed by atoms with Gasteiger partial charge in [0.05, 0.1) is 12.2 Å². The molecule has 1 rings (SSSR count). The Morgan fingerprint density at radius 3 is 2.67 bits per heavy atom. The maximum atomic E-state index is 5.98. The molecule has 2 N–H and O–H groups in total. The Morgan fingerprint density at radius 2 is 2.07 bits per heavy atom. The lowest BCUT2D eigenvalue weighted by Gasteiger charge is -2.21. The van der Waals surface area contributed by atoms with Crippen molar-refractivity contribution in [3.63, 3.8) is 0 Å². The van der Waals surface area contributed by atoms with Crippen molar-refractivity contribution in [1.82, 2.24) is 0 Å². The molecule has 1 saturated carbocycles. The standard InChI is InChI=1S/C13H27NO/c1-3-4-5-6-8-11(2)15-13-10-7-9-12(13)14/h11-13H,3-10,14H2,1-2H3. The molecule has 2 heteroatoms. The number of unbranched alkanes of at least 4 members (excludes halogenated alkanes) is 3. The highest BCUT2D eigenvalue weighted by Crippen LogP contribution is 2.22. The summed E-state index contributed by atoms with van der Waals surface area (Å²) in [6.07, 6.45) is 10.8. The van der Waals surface area contributed by atoms with Crippen LogP contribution in [0.15, 0.2) is 0 Å². The van der Waals surface area contributed by atoms with E-state index in [-0.39, 0.29) is 0 Å². The highest BCUT2D eigenvalue weighted by Gasteiger charge is 2.25. The Bertz CT molecular complexity index is 161. The van der Waals surface area contributed by atoms with Crippen molar-refractivity contribution in [2.45, 2.75) is 83.5 Å². The smallest absolute Gasteiger partial charge is 0.0729 e. The largest absolute Gasteiger partial charge is 0.374 e. The Labute approximate surface area is 94.6 Å². The van der Waals surface area contributed by atoms with Gasteiger partial charge in [-0.15, -0.1) is 0 Å². The van der Waals surface area contributed by atoms with Crippen LogP contribution in [0.3, 0.4) is 0 Å². The predicted octanol–water partition coefficient (Wildman–Crippen LogP) is 3.24. The van der Waals surface area contributed by atoms with Crippen LogP contribution in [0, 0.1) is 0 Å². The number of rotatable bonds is 7. The van der Waals surface area contributed by atoms with Crippen molar-refractivity contribution < 1.29 is 4.74 Å². The monoisotopic (exact) mass is 213 g/mol. The van der Waals surface area contributed by atoms with Crippen LogP contribution in [0.5, 0.6) is 0 Å². The molecule has 3 atom stereocenters. The van der Waals surface area contributed by atoms with Crippen LogP contribution in [-0.4, -0.2) is 18.2 Å². The second-order valence-corrected chi connectivity index (χ2v) is 4.93. The van der Waals surface area contributed by atoms with Gasteiger partial charge in [-0.3, -0.25) is 0 Å². The zero-order chi connectivity index (χ0) is 11.1. The van der Waals surface area contributed by atoms with Gasteiger partial charge in [-0.25, -0.2) is 0 Å². The first-order valence-electron chi connectivity index (χ1n) is 6.65. The van der Waals surface area contributed by atoms with E-state index in [0.717, 1.165) is 6.42 Å². The van der Waals surface area contributed by atoms with Gasteiger partial charge in [0.1, 0.15) is 0 Å². The molecule has 0 saturated heterocycles. The summed E-state index contributed by atoms with van der Waals surface area (Å²) in [5, 5.41) is 0. The molecule has 2 nitrogen and oxygen atoms in total. The lowest BCUT2D eigenvalue weighted by molar-refractivity contribution is -0.0106. The first-order chi connectivity index (χ1) is 7.24. The summed E-state index contributed by atoms with van der Waals surface area (Å²) in [6.45, 7) is 4.44. The first-order valence-corrected chi connectivity index (χ1v) is 6.65. The average Bonchev–Trinajstić information content (AvgIpc) is 2.59. The van der Waals surface area contributed by atoms with Crippen molar-refractivity contribution in [3.8, 4) is 0 Å². The summed E-state index contributed by atoms with van der Waals surface area (Å²) in [5.74, 6) is 0. The van der Waals surface area contributed by atoms with Crippen LogP contribution in [0.1, 0.15) is 65.2 Å². The van der Waals surface area contributed by atoms with Gasteiger partial charge in [-0.2, -0.15) is 0 Å². The number of ether oxygens (including phenoxy) is 1. The summed E-state index contributed by atoms with van der Waals surface area (Å²) in [7, 11) is 0. The number of hydrogen-bond donors (Lipinski definition) is 1. The van der Waals surface area contributed by atoms with E-state index >= 15 is 0 Å². The lowest BCUT2D eigenvalue weighted by Crippen LogP contribution is -2.33. The molecule has 0 bridgehead atoms. The minimum atomic E-state index is 0.295. The van der Waals surface area contributed by atoms with Crippen molar-refractivity contribution in [1.29, 1.82) is 0 Å². The maximum Gasteiger partial charge on any atom is 0.0729 e.